The second-order valence-electron chi connectivity index (χ2n) is 11.0. The first kappa shape index (κ1) is 23.0. The van der Waals surface area contributed by atoms with Gasteiger partial charge in [-0.25, -0.2) is 0 Å². The lowest BCUT2D eigenvalue weighted by atomic mass is 9.78. The standard InChI is InChI=1S/C21H44N4O2/c1-18(2)11-16(12-19(3,4)24(18)26-9)22-15-23-17-13-20(5,6)25(27-10)21(7,8)14-17/h16-17,22-23H,11-15H2,1-10H3. The summed E-state index contributed by atoms with van der Waals surface area (Å²) in [6, 6.07) is 0.961. The van der Waals surface area contributed by atoms with Crippen molar-refractivity contribution in [3.8, 4) is 0 Å². The second kappa shape index (κ2) is 7.88. The molecule has 2 N–H and O–H groups in total. The van der Waals surface area contributed by atoms with Gasteiger partial charge in [0.1, 0.15) is 0 Å². The zero-order chi connectivity index (χ0) is 20.7. The fourth-order valence-corrected chi connectivity index (χ4v) is 6.15. The average molecular weight is 385 g/mol. The topological polar surface area (TPSA) is 49.0 Å². The van der Waals surface area contributed by atoms with Crippen LogP contribution in [0.25, 0.3) is 0 Å². The highest BCUT2D eigenvalue weighted by molar-refractivity contribution is 5.01. The Balaban J connectivity index is 1.91. The lowest BCUT2D eigenvalue weighted by Gasteiger charge is -2.54. The average Bonchev–Trinajstić information content (AvgIpc) is 2.42. The highest BCUT2D eigenvalue weighted by Gasteiger charge is 2.47. The molecule has 0 saturated carbocycles. The van der Waals surface area contributed by atoms with Crippen LogP contribution in [-0.4, -0.2) is 65.3 Å². The minimum atomic E-state index is 0.0158. The maximum Gasteiger partial charge on any atom is 0.0575 e. The number of hydroxylamine groups is 4. The molecule has 0 aromatic carbocycles. The maximum absolute atomic E-state index is 5.71. The van der Waals surface area contributed by atoms with Crippen molar-refractivity contribution in [2.24, 2.45) is 0 Å². The van der Waals surface area contributed by atoms with Gasteiger partial charge in [0.05, 0.1) is 14.2 Å². The molecule has 0 spiro atoms. The molecule has 0 aliphatic carbocycles. The minimum Gasteiger partial charge on any atom is -0.302 e. The fourth-order valence-electron chi connectivity index (χ4n) is 6.15. The lowest BCUT2D eigenvalue weighted by Crippen LogP contribution is -2.65. The van der Waals surface area contributed by atoms with Crippen LogP contribution < -0.4 is 10.6 Å². The van der Waals surface area contributed by atoms with E-state index in [2.05, 4.69) is 76.1 Å². The van der Waals surface area contributed by atoms with Gasteiger partial charge in [-0.15, -0.1) is 0 Å². The Morgan fingerprint density at radius 2 is 0.889 bits per heavy atom. The number of nitrogens with one attached hydrogen (secondary N) is 2. The Kier molecular flexibility index (Phi) is 6.73. The molecule has 0 aromatic heterocycles. The molecule has 2 saturated heterocycles. The van der Waals surface area contributed by atoms with Crippen LogP contribution in [0.3, 0.4) is 0 Å². The quantitative estimate of drug-likeness (QED) is 0.686. The molecule has 2 aliphatic rings. The molecule has 0 radical (unpaired) electrons. The molecule has 0 atom stereocenters. The van der Waals surface area contributed by atoms with Crippen LogP contribution in [0.1, 0.15) is 81.1 Å². The van der Waals surface area contributed by atoms with Gasteiger partial charge in [0.2, 0.25) is 0 Å². The number of rotatable bonds is 6. The molecule has 2 heterocycles. The Bertz CT molecular complexity index is 424. The third kappa shape index (κ3) is 5.03. The number of nitrogens with zero attached hydrogens (tertiary/aromatic N) is 2. The molecular weight excluding hydrogens is 340 g/mol. The molecular formula is C21H44N4O2. The van der Waals surface area contributed by atoms with Gasteiger partial charge in [-0.1, -0.05) is 0 Å². The van der Waals surface area contributed by atoms with Crippen molar-refractivity contribution < 1.29 is 9.68 Å². The molecule has 27 heavy (non-hydrogen) atoms. The van der Waals surface area contributed by atoms with E-state index in [1.54, 1.807) is 14.2 Å². The van der Waals surface area contributed by atoms with Crippen LogP contribution in [0.15, 0.2) is 0 Å². The maximum atomic E-state index is 5.71. The van der Waals surface area contributed by atoms with Gasteiger partial charge in [-0.3, -0.25) is 0 Å². The number of hydrogen-bond acceptors (Lipinski definition) is 6. The van der Waals surface area contributed by atoms with E-state index in [0.717, 1.165) is 32.4 Å². The van der Waals surface area contributed by atoms with Crippen LogP contribution in [0, 0.1) is 0 Å². The Hall–Kier alpha value is -0.240. The lowest BCUT2D eigenvalue weighted by molar-refractivity contribution is -0.268. The third-order valence-corrected chi connectivity index (χ3v) is 6.33. The smallest absolute Gasteiger partial charge is 0.0575 e. The van der Waals surface area contributed by atoms with Crippen molar-refractivity contribution in [1.29, 1.82) is 0 Å². The summed E-state index contributed by atoms with van der Waals surface area (Å²) in [6.45, 7) is 19.0. The Labute approximate surface area is 167 Å². The first-order valence-corrected chi connectivity index (χ1v) is 10.4. The zero-order valence-corrected chi connectivity index (χ0v) is 19.4. The van der Waals surface area contributed by atoms with Gasteiger partial charge in [-0.05, 0) is 81.1 Å². The molecule has 160 valence electrons. The predicted octanol–water partition coefficient (Wildman–Crippen LogP) is 3.29. The largest absolute Gasteiger partial charge is 0.302 e. The van der Waals surface area contributed by atoms with Crippen LogP contribution in [0.2, 0.25) is 0 Å². The molecule has 2 fully saturated rings. The van der Waals surface area contributed by atoms with Gasteiger partial charge in [0, 0.05) is 40.9 Å². The predicted molar refractivity (Wildman–Crippen MR) is 111 cm³/mol. The summed E-state index contributed by atoms with van der Waals surface area (Å²) in [5.74, 6) is 0. The van der Waals surface area contributed by atoms with Crippen LogP contribution in [-0.2, 0) is 9.68 Å². The van der Waals surface area contributed by atoms with Crippen molar-refractivity contribution in [2.45, 2.75) is 115 Å². The highest BCUT2D eigenvalue weighted by atomic mass is 16.7. The van der Waals surface area contributed by atoms with E-state index in [1.807, 2.05) is 0 Å². The molecule has 0 unspecified atom stereocenters. The van der Waals surface area contributed by atoms with Gasteiger partial charge in [0.15, 0.2) is 0 Å². The van der Waals surface area contributed by atoms with E-state index in [-0.39, 0.29) is 22.2 Å². The van der Waals surface area contributed by atoms with Crippen molar-refractivity contribution in [2.75, 3.05) is 20.9 Å². The van der Waals surface area contributed by atoms with Gasteiger partial charge in [-0.2, -0.15) is 10.1 Å². The summed E-state index contributed by atoms with van der Waals surface area (Å²) < 4.78 is 0. The summed E-state index contributed by atoms with van der Waals surface area (Å²) in [5.41, 5.74) is 0.0633. The summed E-state index contributed by atoms with van der Waals surface area (Å²) >= 11 is 0. The first-order valence-electron chi connectivity index (χ1n) is 10.4. The van der Waals surface area contributed by atoms with Gasteiger partial charge < -0.3 is 20.3 Å². The normalized spacial score (nSPS) is 29.1. The minimum absolute atomic E-state index is 0.0158. The molecule has 6 heteroatoms. The van der Waals surface area contributed by atoms with E-state index in [0.29, 0.717) is 12.1 Å². The van der Waals surface area contributed by atoms with Crippen LogP contribution in [0.5, 0.6) is 0 Å². The SMILES string of the molecule is CON1C(C)(C)CC(NCNC2CC(C)(C)N(OC)C(C)(C)C2)CC1(C)C. The van der Waals surface area contributed by atoms with Crippen LogP contribution >= 0.6 is 0 Å². The zero-order valence-electron chi connectivity index (χ0n) is 19.4. The van der Waals surface area contributed by atoms with Gasteiger partial charge >= 0.3 is 0 Å². The molecule has 0 aromatic rings. The monoisotopic (exact) mass is 384 g/mol. The van der Waals surface area contributed by atoms with Crippen molar-refractivity contribution in [3.63, 3.8) is 0 Å². The second-order valence-corrected chi connectivity index (χ2v) is 11.0. The molecule has 0 amide bonds. The molecule has 2 aliphatic heterocycles. The van der Waals surface area contributed by atoms with E-state index in [4.69, 9.17) is 9.68 Å². The van der Waals surface area contributed by atoms with Crippen LogP contribution in [0.4, 0.5) is 0 Å². The van der Waals surface area contributed by atoms with E-state index in [9.17, 15) is 0 Å². The third-order valence-electron chi connectivity index (χ3n) is 6.33. The van der Waals surface area contributed by atoms with Crippen molar-refractivity contribution in [1.82, 2.24) is 20.8 Å². The first-order chi connectivity index (χ1) is 12.2. The number of hydrogen-bond donors (Lipinski definition) is 2. The number of piperidine rings is 2. The fraction of sp³-hybridized carbons (Fsp3) is 1.00. The van der Waals surface area contributed by atoms with E-state index < -0.39 is 0 Å². The van der Waals surface area contributed by atoms with E-state index in [1.165, 1.54) is 0 Å². The summed E-state index contributed by atoms with van der Waals surface area (Å²) in [5, 5.41) is 11.9. The summed E-state index contributed by atoms with van der Waals surface area (Å²) in [7, 11) is 3.57. The molecule has 6 nitrogen and oxygen atoms in total. The Morgan fingerprint density at radius 3 is 1.11 bits per heavy atom. The van der Waals surface area contributed by atoms with Crippen molar-refractivity contribution in [3.05, 3.63) is 0 Å². The Morgan fingerprint density at radius 1 is 0.630 bits per heavy atom. The summed E-state index contributed by atoms with van der Waals surface area (Å²) in [6.07, 6.45) is 4.30. The summed E-state index contributed by atoms with van der Waals surface area (Å²) in [4.78, 5) is 11.4. The van der Waals surface area contributed by atoms with Gasteiger partial charge in [0.25, 0.3) is 0 Å². The highest BCUT2D eigenvalue weighted by Crippen LogP contribution is 2.39. The van der Waals surface area contributed by atoms with E-state index >= 15 is 0 Å². The van der Waals surface area contributed by atoms with Crippen molar-refractivity contribution >= 4 is 0 Å². The molecule has 2 rings (SSSR count). The molecule has 0 bridgehead atoms.